The number of hydrogen-bond acceptors (Lipinski definition) is 3. The number of nitrogens with two attached hydrogens (primary N) is 1. The summed E-state index contributed by atoms with van der Waals surface area (Å²) in [5.74, 6) is 0. The van der Waals surface area contributed by atoms with Gasteiger partial charge in [-0.3, -0.25) is 4.31 Å². The Balaban J connectivity index is 2.44. The van der Waals surface area contributed by atoms with E-state index in [0.29, 0.717) is 10.2 Å². The van der Waals surface area contributed by atoms with E-state index in [4.69, 9.17) is 5.73 Å². The Labute approximate surface area is 133 Å². The van der Waals surface area contributed by atoms with E-state index in [1.165, 1.54) is 17.4 Å². The molecule has 0 saturated heterocycles. The van der Waals surface area contributed by atoms with Crippen LogP contribution in [0.15, 0.2) is 51.8 Å². The zero-order chi connectivity index (χ0) is 15.6. The first-order valence-corrected chi connectivity index (χ1v) is 8.72. The fourth-order valence-electron chi connectivity index (χ4n) is 1.96. The fraction of sp³-hybridized carbons (Fsp3) is 0.200. The summed E-state index contributed by atoms with van der Waals surface area (Å²) in [4.78, 5) is 0.0962. The maximum atomic E-state index is 12.7. The van der Waals surface area contributed by atoms with Gasteiger partial charge in [0, 0.05) is 11.5 Å². The van der Waals surface area contributed by atoms with Gasteiger partial charge in [-0.05, 0) is 42.3 Å². The minimum Gasteiger partial charge on any atom is -0.398 e. The van der Waals surface area contributed by atoms with E-state index in [2.05, 4.69) is 22.9 Å². The van der Waals surface area contributed by atoms with Crippen LogP contribution in [0.5, 0.6) is 0 Å². The van der Waals surface area contributed by atoms with Crippen LogP contribution in [0, 0.1) is 0 Å². The number of halogens is 1. The predicted molar refractivity (Wildman–Crippen MR) is 90.0 cm³/mol. The number of anilines is 2. The fourth-order valence-corrected chi connectivity index (χ4v) is 3.81. The van der Waals surface area contributed by atoms with Crippen LogP contribution in [0.3, 0.4) is 0 Å². The first-order valence-electron chi connectivity index (χ1n) is 6.49. The lowest BCUT2D eigenvalue weighted by atomic mass is 10.1. The second-order valence-electron chi connectivity index (χ2n) is 4.67. The van der Waals surface area contributed by atoms with E-state index in [-0.39, 0.29) is 10.6 Å². The molecule has 6 heteroatoms. The molecule has 0 aliphatic carbocycles. The maximum absolute atomic E-state index is 12.7. The average molecular weight is 369 g/mol. The molecule has 2 aromatic rings. The van der Waals surface area contributed by atoms with Gasteiger partial charge in [0.25, 0.3) is 10.0 Å². The van der Waals surface area contributed by atoms with Crippen LogP contribution in [-0.4, -0.2) is 15.5 Å². The Morgan fingerprint density at radius 3 is 2.33 bits per heavy atom. The molecule has 0 unspecified atom stereocenters. The van der Waals surface area contributed by atoms with Crippen molar-refractivity contribution >= 4 is 37.3 Å². The zero-order valence-electron chi connectivity index (χ0n) is 11.9. The normalized spacial score (nSPS) is 11.4. The third kappa shape index (κ3) is 3.22. The molecular formula is C15H17BrN2O2S. The quantitative estimate of drug-likeness (QED) is 0.840. The van der Waals surface area contributed by atoms with Gasteiger partial charge in [-0.1, -0.05) is 35.0 Å². The monoisotopic (exact) mass is 368 g/mol. The van der Waals surface area contributed by atoms with Crippen LogP contribution in [0.4, 0.5) is 11.4 Å². The van der Waals surface area contributed by atoms with Crippen molar-refractivity contribution in [2.24, 2.45) is 0 Å². The highest BCUT2D eigenvalue weighted by Crippen LogP contribution is 2.28. The van der Waals surface area contributed by atoms with Gasteiger partial charge in [0.1, 0.15) is 4.90 Å². The number of aryl methyl sites for hydroxylation is 1. The Morgan fingerprint density at radius 1 is 1.14 bits per heavy atom. The Hall–Kier alpha value is -1.53. The van der Waals surface area contributed by atoms with Gasteiger partial charge in [0.2, 0.25) is 0 Å². The molecule has 0 aliphatic heterocycles. The SMILES string of the molecule is CCc1ccc(N(C)S(=O)(=O)c2cc(Br)ccc2N)cc1. The molecular weight excluding hydrogens is 352 g/mol. The summed E-state index contributed by atoms with van der Waals surface area (Å²) in [6, 6.07) is 12.2. The molecule has 2 N–H and O–H groups in total. The summed E-state index contributed by atoms with van der Waals surface area (Å²) in [7, 11) is -2.16. The van der Waals surface area contributed by atoms with Crippen LogP contribution >= 0.6 is 15.9 Å². The van der Waals surface area contributed by atoms with E-state index in [1.54, 1.807) is 24.3 Å². The summed E-state index contributed by atoms with van der Waals surface area (Å²) in [6.45, 7) is 2.05. The summed E-state index contributed by atoms with van der Waals surface area (Å²) in [6.07, 6.45) is 0.912. The van der Waals surface area contributed by atoms with Crippen molar-refractivity contribution in [3.8, 4) is 0 Å². The average Bonchev–Trinajstić information content (AvgIpc) is 2.49. The highest BCUT2D eigenvalue weighted by Gasteiger charge is 2.24. The van der Waals surface area contributed by atoms with Gasteiger partial charge in [-0.25, -0.2) is 8.42 Å². The first-order chi connectivity index (χ1) is 9.86. The lowest BCUT2D eigenvalue weighted by Gasteiger charge is -2.21. The lowest BCUT2D eigenvalue weighted by molar-refractivity contribution is 0.594. The van der Waals surface area contributed by atoms with Gasteiger partial charge in [0.05, 0.1) is 11.4 Å². The van der Waals surface area contributed by atoms with Crippen LogP contribution in [0.1, 0.15) is 12.5 Å². The lowest BCUT2D eigenvalue weighted by Crippen LogP contribution is -2.27. The van der Waals surface area contributed by atoms with Crippen LogP contribution in [0.25, 0.3) is 0 Å². The summed E-state index contributed by atoms with van der Waals surface area (Å²) >= 11 is 3.27. The minimum atomic E-state index is -3.69. The Morgan fingerprint density at radius 2 is 1.76 bits per heavy atom. The predicted octanol–water partition coefficient (Wildman–Crippen LogP) is 3.42. The molecule has 21 heavy (non-hydrogen) atoms. The second kappa shape index (κ2) is 6.07. The number of hydrogen-bond donors (Lipinski definition) is 1. The molecule has 0 saturated carbocycles. The third-order valence-corrected chi connectivity index (χ3v) is 5.66. The molecule has 0 spiro atoms. The van der Waals surface area contributed by atoms with Crippen molar-refractivity contribution in [3.05, 3.63) is 52.5 Å². The van der Waals surface area contributed by atoms with Gasteiger partial charge in [0.15, 0.2) is 0 Å². The minimum absolute atomic E-state index is 0.0962. The Kier molecular flexibility index (Phi) is 4.58. The molecule has 0 fully saturated rings. The molecule has 0 atom stereocenters. The molecule has 0 aromatic heterocycles. The first kappa shape index (κ1) is 15.9. The van der Waals surface area contributed by atoms with Crippen LogP contribution in [0.2, 0.25) is 0 Å². The third-order valence-electron chi connectivity index (χ3n) is 3.32. The van der Waals surface area contributed by atoms with E-state index in [0.717, 1.165) is 12.0 Å². The molecule has 0 amide bonds. The van der Waals surface area contributed by atoms with Gasteiger partial charge < -0.3 is 5.73 Å². The summed E-state index contributed by atoms with van der Waals surface area (Å²) < 4.78 is 27.3. The molecule has 112 valence electrons. The highest BCUT2D eigenvalue weighted by atomic mass is 79.9. The van der Waals surface area contributed by atoms with Gasteiger partial charge >= 0.3 is 0 Å². The number of benzene rings is 2. The van der Waals surface area contributed by atoms with E-state index in [1.807, 2.05) is 12.1 Å². The number of rotatable bonds is 4. The largest absolute Gasteiger partial charge is 0.398 e. The van der Waals surface area contributed by atoms with Crippen LogP contribution in [-0.2, 0) is 16.4 Å². The van der Waals surface area contributed by atoms with Crippen LogP contribution < -0.4 is 10.0 Å². The standard InChI is InChI=1S/C15H17BrN2O2S/c1-3-11-4-7-13(8-5-11)18(2)21(19,20)15-10-12(16)6-9-14(15)17/h4-10H,3,17H2,1-2H3. The van der Waals surface area contributed by atoms with E-state index < -0.39 is 10.0 Å². The van der Waals surface area contributed by atoms with Crippen molar-refractivity contribution in [1.82, 2.24) is 0 Å². The van der Waals surface area contributed by atoms with Crippen molar-refractivity contribution in [2.45, 2.75) is 18.2 Å². The highest BCUT2D eigenvalue weighted by molar-refractivity contribution is 9.10. The molecule has 2 aromatic carbocycles. The smallest absolute Gasteiger partial charge is 0.266 e. The number of nitrogens with zero attached hydrogens (tertiary/aromatic N) is 1. The summed E-state index contributed by atoms with van der Waals surface area (Å²) in [5.41, 5.74) is 7.80. The molecule has 0 bridgehead atoms. The van der Waals surface area contributed by atoms with Gasteiger partial charge in [-0.15, -0.1) is 0 Å². The molecule has 0 radical (unpaired) electrons. The second-order valence-corrected chi connectivity index (χ2v) is 7.53. The molecule has 2 rings (SSSR count). The number of nitrogen functional groups attached to an aromatic ring is 1. The maximum Gasteiger partial charge on any atom is 0.266 e. The van der Waals surface area contributed by atoms with Gasteiger partial charge in [-0.2, -0.15) is 0 Å². The van der Waals surface area contributed by atoms with Crippen molar-refractivity contribution < 1.29 is 8.42 Å². The topological polar surface area (TPSA) is 63.4 Å². The van der Waals surface area contributed by atoms with Crippen molar-refractivity contribution in [2.75, 3.05) is 17.1 Å². The van der Waals surface area contributed by atoms with Crippen molar-refractivity contribution in [1.29, 1.82) is 0 Å². The van der Waals surface area contributed by atoms with Crippen molar-refractivity contribution in [3.63, 3.8) is 0 Å². The van der Waals surface area contributed by atoms with E-state index >= 15 is 0 Å². The van der Waals surface area contributed by atoms with E-state index in [9.17, 15) is 8.42 Å². The molecule has 0 aliphatic rings. The Bertz CT molecular complexity index is 743. The molecule has 4 nitrogen and oxygen atoms in total. The number of sulfonamides is 1. The molecule has 0 heterocycles. The summed E-state index contributed by atoms with van der Waals surface area (Å²) in [5, 5.41) is 0. The zero-order valence-corrected chi connectivity index (χ0v) is 14.3.